The van der Waals surface area contributed by atoms with Crippen molar-refractivity contribution in [3.8, 4) is 0 Å². The number of piperazine rings is 3. The molecule has 112 valence electrons. The van der Waals surface area contributed by atoms with Crippen LogP contribution < -0.4 is 5.73 Å². The van der Waals surface area contributed by atoms with Crippen molar-refractivity contribution in [2.45, 2.75) is 44.7 Å². The molecule has 20 heavy (non-hydrogen) atoms. The van der Waals surface area contributed by atoms with Gasteiger partial charge in [-0.2, -0.15) is 0 Å². The van der Waals surface area contributed by atoms with Gasteiger partial charge >= 0.3 is 0 Å². The van der Waals surface area contributed by atoms with Crippen molar-refractivity contribution in [1.82, 2.24) is 14.8 Å². The van der Waals surface area contributed by atoms with Crippen LogP contribution in [0.4, 0.5) is 0 Å². The molecule has 3 aliphatic heterocycles. The first kappa shape index (κ1) is 14.4. The lowest BCUT2D eigenvalue weighted by Gasteiger charge is -2.49. The summed E-state index contributed by atoms with van der Waals surface area (Å²) < 4.78 is 0. The summed E-state index contributed by atoms with van der Waals surface area (Å²) in [5.74, 6) is 0. The number of nitrogens with zero attached hydrogens (tertiary/aromatic N) is 3. The van der Waals surface area contributed by atoms with E-state index in [1.165, 1.54) is 36.9 Å². The lowest BCUT2D eigenvalue weighted by atomic mass is 9.93. The molecule has 3 aliphatic rings. The van der Waals surface area contributed by atoms with Gasteiger partial charge in [-0.3, -0.25) is 9.80 Å². The van der Waals surface area contributed by atoms with Crippen LogP contribution in [-0.4, -0.2) is 59.6 Å². The number of nitrogens with two attached hydrogens (primary N) is 1. The number of aromatic nitrogens is 1. The van der Waals surface area contributed by atoms with E-state index < -0.39 is 0 Å². The van der Waals surface area contributed by atoms with Crippen molar-refractivity contribution in [3.05, 3.63) is 16.1 Å². The summed E-state index contributed by atoms with van der Waals surface area (Å²) in [4.78, 5) is 9.91. The average molecular weight is 294 g/mol. The molecule has 1 aromatic rings. The number of hydrogen-bond acceptors (Lipinski definition) is 5. The molecule has 2 bridgehead atoms. The van der Waals surface area contributed by atoms with E-state index in [1.54, 1.807) is 11.3 Å². The van der Waals surface area contributed by atoms with E-state index in [0.29, 0.717) is 6.04 Å². The summed E-state index contributed by atoms with van der Waals surface area (Å²) in [6.45, 7) is 12.6. The van der Waals surface area contributed by atoms with E-state index in [1.807, 2.05) is 0 Å². The fourth-order valence-electron chi connectivity index (χ4n) is 3.15. The zero-order valence-electron chi connectivity index (χ0n) is 12.8. The van der Waals surface area contributed by atoms with E-state index in [9.17, 15) is 0 Å². The van der Waals surface area contributed by atoms with Crippen LogP contribution in [0.3, 0.4) is 0 Å². The van der Waals surface area contributed by atoms with Gasteiger partial charge in [0, 0.05) is 62.0 Å². The highest BCUT2D eigenvalue weighted by Gasteiger charge is 2.35. The van der Waals surface area contributed by atoms with Gasteiger partial charge in [0.15, 0.2) is 0 Å². The van der Waals surface area contributed by atoms with Crippen LogP contribution in [-0.2, 0) is 11.8 Å². The average Bonchev–Trinajstić information content (AvgIpc) is 2.88. The van der Waals surface area contributed by atoms with E-state index in [2.05, 4.69) is 36.0 Å². The normalized spacial score (nSPS) is 31.5. The fraction of sp³-hybridized carbons (Fsp3) is 0.800. The van der Waals surface area contributed by atoms with Crippen molar-refractivity contribution >= 4 is 11.3 Å². The van der Waals surface area contributed by atoms with E-state index in [4.69, 9.17) is 10.7 Å². The van der Waals surface area contributed by atoms with Gasteiger partial charge in [0.25, 0.3) is 0 Å². The SMILES string of the molecule is CC(C)(C)c1csc(CC(N)C2CN3CCN2CC3)n1. The minimum atomic E-state index is 0.137. The summed E-state index contributed by atoms with van der Waals surface area (Å²) in [5.41, 5.74) is 7.81. The highest BCUT2D eigenvalue weighted by atomic mass is 32.1. The quantitative estimate of drug-likeness (QED) is 0.913. The summed E-state index contributed by atoms with van der Waals surface area (Å²) in [6, 6.07) is 0.719. The first-order valence-electron chi connectivity index (χ1n) is 7.60. The second kappa shape index (κ2) is 5.37. The van der Waals surface area contributed by atoms with Gasteiger partial charge in [-0.15, -0.1) is 11.3 Å². The molecule has 0 amide bonds. The van der Waals surface area contributed by atoms with Gasteiger partial charge in [0.2, 0.25) is 0 Å². The predicted octanol–water partition coefficient (Wildman–Crippen LogP) is 1.31. The lowest BCUT2D eigenvalue weighted by molar-refractivity contribution is 0.00257. The molecule has 0 saturated carbocycles. The Morgan fingerprint density at radius 2 is 2.05 bits per heavy atom. The molecule has 0 aromatic carbocycles. The van der Waals surface area contributed by atoms with Gasteiger partial charge in [-0.05, 0) is 0 Å². The molecule has 3 saturated heterocycles. The molecular formula is C15H26N4S. The van der Waals surface area contributed by atoms with Gasteiger partial charge in [-0.25, -0.2) is 4.98 Å². The zero-order valence-corrected chi connectivity index (χ0v) is 13.6. The van der Waals surface area contributed by atoms with E-state index in [0.717, 1.165) is 13.0 Å². The number of thiazole rings is 1. The molecule has 4 nitrogen and oxygen atoms in total. The van der Waals surface area contributed by atoms with E-state index >= 15 is 0 Å². The third-order valence-corrected chi connectivity index (χ3v) is 5.42. The summed E-state index contributed by atoms with van der Waals surface area (Å²) in [6.07, 6.45) is 0.912. The first-order chi connectivity index (χ1) is 9.43. The van der Waals surface area contributed by atoms with Crippen LogP contribution >= 0.6 is 11.3 Å². The molecule has 3 fully saturated rings. The van der Waals surface area contributed by atoms with Crippen molar-refractivity contribution in [3.63, 3.8) is 0 Å². The minimum Gasteiger partial charge on any atom is -0.326 e. The van der Waals surface area contributed by atoms with Crippen LogP contribution in [0.15, 0.2) is 5.38 Å². The second-order valence-corrected chi connectivity index (χ2v) is 8.09. The largest absolute Gasteiger partial charge is 0.326 e. The number of rotatable bonds is 3. The summed E-state index contributed by atoms with van der Waals surface area (Å²) in [5, 5.41) is 3.39. The number of hydrogen-bond donors (Lipinski definition) is 1. The van der Waals surface area contributed by atoms with E-state index in [-0.39, 0.29) is 11.5 Å². The molecule has 2 atom stereocenters. The van der Waals surface area contributed by atoms with Crippen LogP contribution in [0.25, 0.3) is 0 Å². The third-order valence-electron chi connectivity index (χ3n) is 4.55. The van der Waals surface area contributed by atoms with Crippen molar-refractivity contribution in [1.29, 1.82) is 0 Å². The Bertz CT molecular complexity index is 457. The first-order valence-corrected chi connectivity index (χ1v) is 8.48. The molecule has 4 rings (SSSR count). The topological polar surface area (TPSA) is 45.4 Å². The maximum absolute atomic E-state index is 6.48. The Morgan fingerprint density at radius 1 is 1.35 bits per heavy atom. The van der Waals surface area contributed by atoms with Gasteiger partial charge in [-0.1, -0.05) is 20.8 Å². The second-order valence-electron chi connectivity index (χ2n) is 7.15. The Kier molecular flexibility index (Phi) is 3.88. The lowest BCUT2D eigenvalue weighted by Crippen LogP contribution is -2.66. The van der Waals surface area contributed by atoms with Gasteiger partial charge < -0.3 is 5.73 Å². The Hall–Kier alpha value is -0.490. The fourth-order valence-corrected chi connectivity index (χ4v) is 4.24. The molecule has 4 heterocycles. The van der Waals surface area contributed by atoms with Gasteiger partial charge in [0.1, 0.15) is 0 Å². The molecule has 0 spiro atoms. The van der Waals surface area contributed by atoms with Gasteiger partial charge in [0.05, 0.1) is 10.7 Å². The van der Waals surface area contributed by atoms with Crippen LogP contribution in [0, 0.1) is 0 Å². The highest BCUT2D eigenvalue weighted by Crippen LogP contribution is 2.25. The summed E-state index contributed by atoms with van der Waals surface area (Å²) >= 11 is 1.77. The Balaban J connectivity index is 1.64. The third kappa shape index (κ3) is 2.91. The molecule has 1 aromatic heterocycles. The molecule has 0 radical (unpaired) electrons. The molecule has 2 unspecified atom stereocenters. The predicted molar refractivity (Wildman–Crippen MR) is 84.3 cm³/mol. The molecular weight excluding hydrogens is 268 g/mol. The van der Waals surface area contributed by atoms with Crippen molar-refractivity contribution in [2.75, 3.05) is 32.7 Å². The highest BCUT2D eigenvalue weighted by molar-refractivity contribution is 7.09. The van der Waals surface area contributed by atoms with Crippen LogP contribution in [0.5, 0.6) is 0 Å². The van der Waals surface area contributed by atoms with Crippen molar-refractivity contribution < 1.29 is 0 Å². The van der Waals surface area contributed by atoms with Crippen LogP contribution in [0.1, 0.15) is 31.5 Å². The Labute approximate surface area is 126 Å². The summed E-state index contributed by atoms with van der Waals surface area (Å²) in [7, 11) is 0. The maximum Gasteiger partial charge on any atom is 0.0944 e. The Morgan fingerprint density at radius 3 is 2.55 bits per heavy atom. The molecule has 2 N–H and O–H groups in total. The monoisotopic (exact) mass is 294 g/mol. The standard InChI is InChI=1S/C15H26N4S/c1-15(2,3)13-10-20-14(17-13)8-11(16)12-9-18-4-6-19(12)7-5-18/h10-12H,4-9,16H2,1-3H3. The maximum atomic E-state index is 6.48. The minimum absolute atomic E-state index is 0.137. The van der Waals surface area contributed by atoms with Crippen molar-refractivity contribution in [2.24, 2.45) is 5.73 Å². The molecule has 5 heteroatoms. The zero-order chi connectivity index (χ0) is 14.3. The van der Waals surface area contributed by atoms with Crippen LogP contribution in [0.2, 0.25) is 0 Å². The smallest absolute Gasteiger partial charge is 0.0944 e. The number of fused-ring (bicyclic) bond motifs is 3. The molecule has 0 aliphatic carbocycles.